The van der Waals surface area contributed by atoms with E-state index in [2.05, 4.69) is 0 Å². The summed E-state index contributed by atoms with van der Waals surface area (Å²) in [5, 5.41) is 9.14. The van der Waals surface area contributed by atoms with Gasteiger partial charge in [-0.15, -0.1) is 0 Å². The molecule has 2 aromatic rings. The molecule has 1 fully saturated rings. The summed E-state index contributed by atoms with van der Waals surface area (Å²) in [4.78, 5) is 26.1. The Bertz CT molecular complexity index is 1030. The van der Waals surface area contributed by atoms with Crippen LogP contribution >= 0.6 is 0 Å². The van der Waals surface area contributed by atoms with E-state index in [4.69, 9.17) is 14.7 Å². The lowest BCUT2D eigenvalue weighted by Gasteiger charge is -2.27. The normalized spacial score (nSPS) is 17.3. The zero-order valence-corrected chi connectivity index (χ0v) is 18.3. The van der Waals surface area contributed by atoms with Crippen molar-refractivity contribution in [1.82, 2.24) is 14.7 Å². The van der Waals surface area contributed by atoms with Crippen molar-refractivity contribution in [3.05, 3.63) is 60.2 Å². The van der Waals surface area contributed by atoms with Crippen molar-refractivity contribution in [2.24, 2.45) is 0 Å². The van der Waals surface area contributed by atoms with Crippen LogP contribution in [0.1, 0.15) is 12.0 Å². The van der Waals surface area contributed by atoms with Crippen LogP contribution in [0.5, 0.6) is 5.75 Å². The molecule has 1 heterocycles. The van der Waals surface area contributed by atoms with Gasteiger partial charge in [-0.2, -0.15) is 4.31 Å². The van der Waals surface area contributed by atoms with Crippen LogP contribution in [0.3, 0.4) is 0 Å². The van der Waals surface area contributed by atoms with E-state index in [0.29, 0.717) is 5.75 Å². The van der Waals surface area contributed by atoms with Crippen LogP contribution in [0.15, 0.2) is 59.5 Å². The third-order valence-corrected chi connectivity index (χ3v) is 7.07. The highest BCUT2D eigenvalue weighted by atomic mass is 32.2. The summed E-state index contributed by atoms with van der Waals surface area (Å²) in [5.74, 6) is -0.390. The molecular formula is C21H25N3O7S. The zero-order valence-electron chi connectivity index (χ0n) is 17.5. The second-order valence-electron chi connectivity index (χ2n) is 7.10. The predicted molar refractivity (Wildman–Crippen MR) is 113 cm³/mol. The number of sulfonamides is 1. The SMILES string of the molecule is COc1ccc(S(=O)(=O)N2CCN(C(=O)OCc3ccccc3)CC[C@@H]2C(=O)NO)cc1. The van der Waals surface area contributed by atoms with Gasteiger partial charge in [0.25, 0.3) is 5.91 Å². The average Bonchev–Trinajstić information content (AvgIpc) is 3.06. The van der Waals surface area contributed by atoms with E-state index in [1.807, 2.05) is 30.3 Å². The number of methoxy groups -OCH3 is 1. The summed E-state index contributed by atoms with van der Waals surface area (Å²) in [5.41, 5.74) is 2.34. The van der Waals surface area contributed by atoms with Gasteiger partial charge in [0.15, 0.2) is 0 Å². The second kappa shape index (κ2) is 10.4. The van der Waals surface area contributed by atoms with Gasteiger partial charge in [0.2, 0.25) is 10.0 Å². The molecule has 2 amide bonds. The smallest absolute Gasteiger partial charge is 0.410 e. The third-order valence-electron chi connectivity index (χ3n) is 5.15. The highest BCUT2D eigenvalue weighted by Crippen LogP contribution is 2.24. The van der Waals surface area contributed by atoms with Crippen molar-refractivity contribution < 1.29 is 32.7 Å². The van der Waals surface area contributed by atoms with Crippen LogP contribution in [0.4, 0.5) is 4.79 Å². The van der Waals surface area contributed by atoms with Gasteiger partial charge in [-0.3, -0.25) is 10.0 Å². The minimum atomic E-state index is -4.09. The molecule has 1 aliphatic rings. The Labute approximate surface area is 186 Å². The third kappa shape index (κ3) is 5.36. The minimum absolute atomic E-state index is 0.0117. The van der Waals surface area contributed by atoms with Crippen molar-refractivity contribution in [3.63, 3.8) is 0 Å². The number of nitrogens with one attached hydrogen (secondary N) is 1. The van der Waals surface area contributed by atoms with Gasteiger partial charge in [0.05, 0.1) is 12.0 Å². The fourth-order valence-corrected chi connectivity index (χ4v) is 5.02. The number of carbonyl (C=O) groups is 2. The maximum Gasteiger partial charge on any atom is 0.410 e. The van der Waals surface area contributed by atoms with Crippen LogP contribution in [0, 0.1) is 0 Å². The Kier molecular flexibility index (Phi) is 7.67. The molecule has 0 radical (unpaired) electrons. The number of benzene rings is 2. The Balaban J connectivity index is 1.77. The molecule has 1 saturated heterocycles. The molecule has 0 aromatic heterocycles. The van der Waals surface area contributed by atoms with Crippen LogP contribution in [0.25, 0.3) is 0 Å². The number of rotatable bonds is 6. The molecule has 0 saturated carbocycles. The lowest BCUT2D eigenvalue weighted by molar-refractivity contribution is -0.133. The van der Waals surface area contributed by atoms with Crippen molar-refractivity contribution >= 4 is 22.0 Å². The highest BCUT2D eigenvalue weighted by Gasteiger charge is 2.39. The number of hydrogen-bond donors (Lipinski definition) is 2. The molecule has 1 aliphatic heterocycles. The lowest BCUT2D eigenvalue weighted by atomic mass is 10.2. The van der Waals surface area contributed by atoms with Gasteiger partial charge in [-0.1, -0.05) is 30.3 Å². The highest BCUT2D eigenvalue weighted by molar-refractivity contribution is 7.89. The molecule has 1 atom stereocenters. The summed E-state index contributed by atoms with van der Waals surface area (Å²) in [7, 11) is -2.63. The summed E-state index contributed by atoms with van der Waals surface area (Å²) < 4.78 is 37.9. The first-order valence-electron chi connectivity index (χ1n) is 9.92. The molecule has 3 rings (SSSR count). The second-order valence-corrected chi connectivity index (χ2v) is 8.99. The summed E-state index contributed by atoms with van der Waals surface area (Å²) in [6.07, 6.45) is -0.622. The van der Waals surface area contributed by atoms with E-state index >= 15 is 0 Å². The molecule has 172 valence electrons. The van der Waals surface area contributed by atoms with Crippen molar-refractivity contribution in [2.45, 2.75) is 24.0 Å². The first-order chi connectivity index (χ1) is 15.4. The molecular weight excluding hydrogens is 438 g/mol. The van der Waals surface area contributed by atoms with E-state index in [0.717, 1.165) is 9.87 Å². The number of hydrogen-bond acceptors (Lipinski definition) is 7. The Morgan fingerprint density at radius 2 is 1.75 bits per heavy atom. The van der Waals surface area contributed by atoms with E-state index in [-0.39, 0.29) is 37.6 Å². The van der Waals surface area contributed by atoms with Crippen molar-refractivity contribution in [2.75, 3.05) is 26.7 Å². The molecule has 11 heteroatoms. The molecule has 2 aromatic carbocycles. The minimum Gasteiger partial charge on any atom is -0.497 e. The summed E-state index contributed by atoms with van der Waals surface area (Å²) >= 11 is 0. The van der Waals surface area contributed by atoms with Gasteiger partial charge in [0, 0.05) is 19.6 Å². The lowest BCUT2D eigenvalue weighted by Crippen LogP contribution is -2.49. The molecule has 0 aliphatic carbocycles. The number of ether oxygens (including phenoxy) is 2. The quantitative estimate of drug-likeness (QED) is 0.492. The van der Waals surface area contributed by atoms with Gasteiger partial charge < -0.3 is 14.4 Å². The van der Waals surface area contributed by atoms with Gasteiger partial charge in [-0.25, -0.2) is 18.7 Å². The largest absolute Gasteiger partial charge is 0.497 e. The van der Waals surface area contributed by atoms with E-state index in [1.165, 1.54) is 41.8 Å². The summed E-state index contributed by atoms with van der Waals surface area (Å²) in [6, 6.07) is 13.7. The van der Waals surface area contributed by atoms with Crippen LogP contribution in [0.2, 0.25) is 0 Å². The number of carbonyl (C=O) groups excluding carboxylic acids is 2. The maximum absolute atomic E-state index is 13.2. The molecule has 0 bridgehead atoms. The molecule has 2 N–H and O–H groups in total. The zero-order chi connectivity index (χ0) is 23.1. The van der Waals surface area contributed by atoms with Gasteiger partial charge in [0.1, 0.15) is 18.4 Å². The number of hydroxylamine groups is 1. The number of amides is 2. The topological polar surface area (TPSA) is 125 Å². The molecule has 10 nitrogen and oxygen atoms in total. The molecule has 32 heavy (non-hydrogen) atoms. The average molecular weight is 464 g/mol. The fraction of sp³-hybridized carbons (Fsp3) is 0.333. The van der Waals surface area contributed by atoms with Gasteiger partial charge >= 0.3 is 6.09 Å². The van der Waals surface area contributed by atoms with Crippen molar-refractivity contribution in [1.29, 1.82) is 0 Å². The maximum atomic E-state index is 13.2. The molecule has 0 spiro atoms. The molecule has 0 unspecified atom stereocenters. The van der Waals surface area contributed by atoms with Crippen molar-refractivity contribution in [3.8, 4) is 5.75 Å². The first-order valence-corrected chi connectivity index (χ1v) is 11.4. The fourth-order valence-electron chi connectivity index (χ4n) is 3.41. The van der Waals surface area contributed by atoms with Crippen LogP contribution < -0.4 is 10.2 Å². The Morgan fingerprint density at radius 3 is 2.38 bits per heavy atom. The monoisotopic (exact) mass is 463 g/mol. The van der Waals surface area contributed by atoms with Gasteiger partial charge in [-0.05, 0) is 36.2 Å². The summed E-state index contributed by atoms with van der Waals surface area (Å²) in [6.45, 7) is 0.0377. The van der Waals surface area contributed by atoms with E-state index in [9.17, 15) is 18.0 Å². The number of nitrogens with zero attached hydrogens (tertiary/aromatic N) is 2. The van der Waals surface area contributed by atoms with Crippen LogP contribution in [-0.2, 0) is 26.2 Å². The van der Waals surface area contributed by atoms with E-state index < -0.39 is 28.1 Å². The van der Waals surface area contributed by atoms with Crippen LogP contribution in [-0.4, -0.2) is 67.6 Å². The Morgan fingerprint density at radius 1 is 1.06 bits per heavy atom. The van der Waals surface area contributed by atoms with E-state index in [1.54, 1.807) is 0 Å². The standard InChI is InChI=1S/C21H25N3O7S/c1-30-17-7-9-18(10-8-17)32(28,29)24-14-13-23(12-11-19(24)20(25)22-27)21(26)31-15-16-5-3-2-4-6-16/h2-10,19,27H,11-15H2,1H3,(H,22,25)/t19-/m1/s1. The predicted octanol–water partition coefficient (Wildman–Crippen LogP) is 1.60. The Hall–Kier alpha value is -3.15. The first kappa shape index (κ1) is 23.5.